The molecule has 3 heterocycles. The molecule has 1 aromatic heterocycles. The van der Waals surface area contributed by atoms with Gasteiger partial charge in [-0.15, -0.1) is 0 Å². The van der Waals surface area contributed by atoms with Gasteiger partial charge in [-0.2, -0.15) is 0 Å². The van der Waals surface area contributed by atoms with Crippen LogP contribution in [0.5, 0.6) is 0 Å². The second-order valence-corrected chi connectivity index (χ2v) is 10.2. The minimum atomic E-state index is -0.450. The summed E-state index contributed by atoms with van der Waals surface area (Å²) < 4.78 is 6.92. The fourth-order valence-corrected chi connectivity index (χ4v) is 5.38. The Labute approximate surface area is 207 Å². The minimum absolute atomic E-state index is 0.0747. The SMILES string of the molecule is COC(=O)C(NC(=S)N1CCC2(CCN(C(=O)c3ccccc3-n3cccc3)CC2)C1)C(C)C. The van der Waals surface area contributed by atoms with Crippen LogP contribution in [0.1, 0.15) is 43.5 Å². The smallest absolute Gasteiger partial charge is 0.328 e. The van der Waals surface area contributed by atoms with Crippen molar-refractivity contribution in [3.8, 4) is 5.69 Å². The molecule has 1 atom stereocenters. The van der Waals surface area contributed by atoms with Gasteiger partial charge in [0.05, 0.1) is 18.4 Å². The van der Waals surface area contributed by atoms with Crippen LogP contribution < -0.4 is 5.32 Å². The molecule has 1 amide bonds. The summed E-state index contributed by atoms with van der Waals surface area (Å²) in [6.07, 6.45) is 6.88. The number of aromatic nitrogens is 1. The second-order valence-electron chi connectivity index (χ2n) is 9.77. The highest BCUT2D eigenvalue weighted by Crippen LogP contribution is 2.40. The number of nitrogens with zero attached hydrogens (tertiary/aromatic N) is 3. The van der Waals surface area contributed by atoms with E-state index >= 15 is 0 Å². The first-order valence-corrected chi connectivity index (χ1v) is 12.4. The van der Waals surface area contributed by atoms with Crippen molar-refractivity contribution in [3.05, 3.63) is 54.4 Å². The molecule has 7 nitrogen and oxygen atoms in total. The Morgan fingerprint density at radius 1 is 1.00 bits per heavy atom. The van der Waals surface area contributed by atoms with Crippen molar-refractivity contribution in [2.24, 2.45) is 11.3 Å². The molecule has 0 bridgehead atoms. The number of methoxy groups -OCH3 is 1. The van der Waals surface area contributed by atoms with Crippen LogP contribution in [0.4, 0.5) is 0 Å². The van der Waals surface area contributed by atoms with Gasteiger partial charge >= 0.3 is 5.97 Å². The zero-order valence-corrected chi connectivity index (χ0v) is 21.0. The van der Waals surface area contributed by atoms with Gasteiger partial charge in [0.1, 0.15) is 6.04 Å². The Morgan fingerprint density at radius 3 is 2.24 bits per heavy atom. The van der Waals surface area contributed by atoms with E-state index in [-0.39, 0.29) is 23.2 Å². The number of carbonyl (C=O) groups is 2. The normalized spacial score (nSPS) is 18.2. The van der Waals surface area contributed by atoms with E-state index in [4.69, 9.17) is 17.0 Å². The third-order valence-electron chi connectivity index (χ3n) is 7.25. The Kier molecular flexibility index (Phi) is 7.26. The average molecular weight is 483 g/mol. The number of rotatable bonds is 5. The minimum Gasteiger partial charge on any atom is -0.467 e. The van der Waals surface area contributed by atoms with Crippen molar-refractivity contribution in [1.82, 2.24) is 19.7 Å². The molecule has 0 saturated carbocycles. The summed E-state index contributed by atoms with van der Waals surface area (Å²) in [6.45, 7) is 7.15. The maximum absolute atomic E-state index is 13.4. The molecule has 2 saturated heterocycles. The fraction of sp³-hybridized carbons (Fsp3) is 0.500. The van der Waals surface area contributed by atoms with Gasteiger partial charge in [0.2, 0.25) is 0 Å². The van der Waals surface area contributed by atoms with Gasteiger partial charge < -0.3 is 24.4 Å². The number of nitrogens with one attached hydrogen (secondary N) is 1. The summed E-state index contributed by atoms with van der Waals surface area (Å²) in [7, 11) is 1.40. The van der Waals surface area contributed by atoms with E-state index in [1.807, 2.05) is 72.1 Å². The van der Waals surface area contributed by atoms with Gasteiger partial charge in [0.25, 0.3) is 5.91 Å². The first kappa shape index (κ1) is 24.3. The summed E-state index contributed by atoms with van der Waals surface area (Å²) in [4.78, 5) is 29.7. The molecule has 8 heteroatoms. The van der Waals surface area contributed by atoms with Crippen molar-refractivity contribution in [2.75, 3.05) is 33.3 Å². The topological polar surface area (TPSA) is 66.8 Å². The van der Waals surface area contributed by atoms with Gasteiger partial charge in [0, 0.05) is 38.6 Å². The molecule has 2 aliphatic heterocycles. The largest absolute Gasteiger partial charge is 0.467 e. The average Bonchev–Trinajstić information content (AvgIpc) is 3.53. The standard InChI is InChI=1S/C26H34N4O3S/c1-19(2)22(24(32)33-3)27-25(34)30-17-12-26(18-30)10-15-29(16-11-26)23(31)20-8-4-5-9-21(20)28-13-6-7-14-28/h4-9,13-14,19,22H,10-12,15-18H2,1-3H3,(H,27,34). The third kappa shape index (κ3) is 4.97. The lowest BCUT2D eigenvalue weighted by atomic mass is 9.77. The van der Waals surface area contributed by atoms with Gasteiger partial charge in [-0.25, -0.2) is 4.79 Å². The van der Waals surface area contributed by atoms with Gasteiger partial charge in [-0.1, -0.05) is 26.0 Å². The number of benzene rings is 1. The summed E-state index contributed by atoms with van der Waals surface area (Å²) >= 11 is 5.65. The van der Waals surface area contributed by atoms with E-state index in [9.17, 15) is 9.59 Å². The predicted octanol–water partition coefficient (Wildman–Crippen LogP) is 3.48. The number of piperidine rings is 1. The van der Waals surface area contributed by atoms with Crippen LogP contribution in [0.15, 0.2) is 48.8 Å². The lowest BCUT2D eigenvalue weighted by Gasteiger charge is -2.39. The molecule has 0 aliphatic carbocycles. The first-order chi connectivity index (χ1) is 16.3. The number of hydrogen-bond donors (Lipinski definition) is 1. The van der Waals surface area contributed by atoms with E-state index in [2.05, 4.69) is 10.2 Å². The number of thiocarbonyl (C=S) groups is 1. The van der Waals surface area contributed by atoms with Gasteiger partial charge in [-0.05, 0) is 67.1 Å². The van der Waals surface area contributed by atoms with Crippen molar-refractivity contribution >= 4 is 29.2 Å². The summed E-state index contributed by atoms with van der Waals surface area (Å²) in [5.41, 5.74) is 1.79. The molecule has 1 unspecified atom stereocenters. The highest BCUT2D eigenvalue weighted by atomic mass is 32.1. The number of carbonyl (C=O) groups excluding carboxylic acids is 2. The number of amides is 1. The monoisotopic (exact) mass is 482 g/mol. The molecular formula is C26H34N4O3S. The van der Waals surface area contributed by atoms with Crippen molar-refractivity contribution in [2.45, 2.75) is 39.2 Å². The van der Waals surface area contributed by atoms with Crippen molar-refractivity contribution in [1.29, 1.82) is 0 Å². The lowest BCUT2D eigenvalue weighted by molar-refractivity contribution is -0.143. The third-order valence-corrected chi connectivity index (χ3v) is 7.63. The van der Waals surface area contributed by atoms with E-state index in [0.717, 1.165) is 56.7 Å². The Bertz CT molecular complexity index is 1030. The summed E-state index contributed by atoms with van der Waals surface area (Å²) in [5, 5.41) is 3.83. The number of para-hydroxylation sites is 1. The Balaban J connectivity index is 1.37. The van der Waals surface area contributed by atoms with Crippen molar-refractivity contribution in [3.63, 3.8) is 0 Å². The molecule has 1 aromatic carbocycles. The number of likely N-dealkylation sites (tertiary alicyclic amines) is 2. The molecular weight excluding hydrogens is 448 g/mol. The van der Waals surface area contributed by atoms with E-state index < -0.39 is 6.04 Å². The van der Waals surface area contributed by atoms with E-state index in [1.54, 1.807) is 0 Å². The van der Waals surface area contributed by atoms with Crippen LogP contribution in [-0.2, 0) is 9.53 Å². The van der Waals surface area contributed by atoms with Crippen LogP contribution >= 0.6 is 12.2 Å². The van der Waals surface area contributed by atoms with Crippen LogP contribution in [0.2, 0.25) is 0 Å². The van der Waals surface area contributed by atoms with Crippen LogP contribution in [0.3, 0.4) is 0 Å². The van der Waals surface area contributed by atoms with E-state index in [1.165, 1.54) is 7.11 Å². The summed E-state index contributed by atoms with van der Waals surface area (Å²) in [5.74, 6) is -0.132. The zero-order valence-electron chi connectivity index (χ0n) is 20.2. The molecule has 182 valence electrons. The molecule has 1 N–H and O–H groups in total. The maximum Gasteiger partial charge on any atom is 0.328 e. The Hall–Kier alpha value is -2.87. The molecule has 1 spiro atoms. The fourth-order valence-electron chi connectivity index (χ4n) is 5.09. The quantitative estimate of drug-likeness (QED) is 0.520. The molecule has 4 rings (SSSR count). The lowest BCUT2D eigenvalue weighted by Crippen LogP contribution is -2.51. The zero-order chi connectivity index (χ0) is 24.3. The maximum atomic E-state index is 13.4. The molecule has 2 aromatic rings. The van der Waals surface area contributed by atoms with Crippen molar-refractivity contribution < 1.29 is 14.3 Å². The second kappa shape index (κ2) is 10.2. The first-order valence-electron chi connectivity index (χ1n) is 12.0. The molecule has 2 fully saturated rings. The van der Waals surface area contributed by atoms with Crippen LogP contribution in [-0.4, -0.2) is 70.7 Å². The summed E-state index contributed by atoms with van der Waals surface area (Å²) in [6, 6.07) is 11.3. The highest BCUT2D eigenvalue weighted by molar-refractivity contribution is 7.80. The van der Waals surface area contributed by atoms with Gasteiger partial charge in [-0.3, -0.25) is 4.79 Å². The number of hydrogen-bond acceptors (Lipinski definition) is 4. The predicted molar refractivity (Wildman–Crippen MR) is 136 cm³/mol. The molecule has 0 radical (unpaired) electrons. The van der Waals surface area contributed by atoms with Crippen LogP contribution in [0, 0.1) is 11.3 Å². The number of esters is 1. The Morgan fingerprint density at radius 2 is 1.62 bits per heavy atom. The van der Waals surface area contributed by atoms with Crippen LogP contribution in [0.25, 0.3) is 5.69 Å². The van der Waals surface area contributed by atoms with E-state index in [0.29, 0.717) is 5.11 Å². The molecule has 34 heavy (non-hydrogen) atoms. The highest BCUT2D eigenvalue weighted by Gasteiger charge is 2.42. The van der Waals surface area contributed by atoms with Gasteiger partial charge in [0.15, 0.2) is 5.11 Å². The molecule has 2 aliphatic rings. The number of ether oxygens (including phenoxy) is 1.